The second-order valence-electron chi connectivity index (χ2n) is 5.57. The summed E-state index contributed by atoms with van der Waals surface area (Å²) in [6.07, 6.45) is 2.30. The highest BCUT2D eigenvalue weighted by atomic mass is 16.4. The zero-order valence-corrected chi connectivity index (χ0v) is 10.0. The number of fused-ring (bicyclic) bond motifs is 2. The van der Waals surface area contributed by atoms with Crippen LogP contribution in [0.3, 0.4) is 0 Å². The Labute approximate surface area is 91.5 Å². The molecule has 4 unspecified atom stereocenters. The fourth-order valence-electron chi connectivity index (χ4n) is 3.32. The van der Waals surface area contributed by atoms with Crippen LogP contribution in [0.5, 0.6) is 0 Å². The van der Waals surface area contributed by atoms with Crippen molar-refractivity contribution in [2.24, 2.45) is 23.2 Å². The fourth-order valence-corrected chi connectivity index (χ4v) is 3.32. The van der Waals surface area contributed by atoms with E-state index >= 15 is 0 Å². The van der Waals surface area contributed by atoms with Gasteiger partial charge in [-0.3, -0.25) is 4.79 Å². The normalized spacial score (nSPS) is 40.9. The van der Waals surface area contributed by atoms with Crippen molar-refractivity contribution in [1.82, 2.24) is 0 Å². The van der Waals surface area contributed by atoms with Crippen molar-refractivity contribution in [2.45, 2.75) is 46.6 Å². The van der Waals surface area contributed by atoms with Gasteiger partial charge in [-0.05, 0) is 36.0 Å². The van der Waals surface area contributed by atoms with Gasteiger partial charge in [0, 0.05) is 6.92 Å². The predicted molar refractivity (Wildman–Crippen MR) is 58.5 cm³/mol. The first kappa shape index (κ1) is 12.5. The van der Waals surface area contributed by atoms with Gasteiger partial charge in [-0.25, -0.2) is 0 Å². The second kappa shape index (κ2) is 4.12. The number of rotatable bonds is 0. The minimum absolute atomic E-state index is 0.00926. The Morgan fingerprint density at radius 1 is 1.27 bits per heavy atom. The van der Waals surface area contributed by atoms with Crippen LogP contribution < -0.4 is 0 Å². The fraction of sp³-hybridized carbons (Fsp3) is 0.917. The Bertz CT molecular complexity index is 227. The monoisotopic (exact) mass is 214 g/mol. The number of aliphatic carboxylic acids is 1. The van der Waals surface area contributed by atoms with Gasteiger partial charge in [0.1, 0.15) is 0 Å². The van der Waals surface area contributed by atoms with Gasteiger partial charge in [0.15, 0.2) is 0 Å². The van der Waals surface area contributed by atoms with E-state index in [4.69, 9.17) is 9.90 Å². The minimum Gasteiger partial charge on any atom is -0.481 e. The van der Waals surface area contributed by atoms with Crippen molar-refractivity contribution in [3.05, 3.63) is 0 Å². The average Bonchev–Trinajstić information content (AvgIpc) is 1.99. The number of carboxylic acid groups (broad SMARTS) is 1. The average molecular weight is 214 g/mol. The smallest absolute Gasteiger partial charge is 0.300 e. The second-order valence-corrected chi connectivity index (χ2v) is 5.57. The van der Waals surface area contributed by atoms with Gasteiger partial charge >= 0.3 is 0 Å². The van der Waals surface area contributed by atoms with Gasteiger partial charge < -0.3 is 10.2 Å². The van der Waals surface area contributed by atoms with Crippen LogP contribution in [0, 0.1) is 23.2 Å². The first-order chi connectivity index (χ1) is 6.76. The van der Waals surface area contributed by atoms with Crippen molar-refractivity contribution < 1.29 is 15.0 Å². The summed E-state index contributed by atoms with van der Waals surface area (Å²) in [4.78, 5) is 9.00. The third-order valence-corrected chi connectivity index (χ3v) is 4.18. The van der Waals surface area contributed by atoms with Gasteiger partial charge in [0.2, 0.25) is 0 Å². The van der Waals surface area contributed by atoms with E-state index in [1.807, 2.05) is 0 Å². The van der Waals surface area contributed by atoms with Crippen LogP contribution in [0.25, 0.3) is 0 Å². The molecular formula is C12H22O3. The highest BCUT2D eigenvalue weighted by Crippen LogP contribution is 2.61. The SMILES string of the molecule is CC(=O)O.CC1CC(O)C2CC1C2(C)C. The number of carbonyl (C=O) groups is 1. The van der Waals surface area contributed by atoms with Crippen LogP contribution in [0.1, 0.15) is 40.5 Å². The zero-order chi connectivity index (χ0) is 11.8. The molecule has 0 spiro atoms. The van der Waals surface area contributed by atoms with Crippen LogP contribution in [0.4, 0.5) is 0 Å². The molecule has 0 amide bonds. The molecule has 15 heavy (non-hydrogen) atoms. The van der Waals surface area contributed by atoms with Crippen molar-refractivity contribution in [3.8, 4) is 0 Å². The number of hydrogen-bond donors (Lipinski definition) is 2. The molecule has 3 heteroatoms. The molecule has 3 aliphatic carbocycles. The summed E-state index contributed by atoms with van der Waals surface area (Å²) in [5.41, 5.74) is 0.428. The highest BCUT2D eigenvalue weighted by Gasteiger charge is 2.56. The van der Waals surface area contributed by atoms with Crippen LogP contribution in [0.15, 0.2) is 0 Å². The van der Waals surface area contributed by atoms with Crippen LogP contribution in [-0.2, 0) is 4.79 Å². The molecule has 2 bridgehead atoms. The summed E-state index contributed by atoms with van der Waals surface area (Å²) in [5, 5.41) is 17.1. The van der Waals surface area contributed by atoms with E-state index in [9.17, 15) is 5.11 Å². The number of hydrogen-bond acceptors (Lipinski definition) is 2. The Hall–Kier alpha value is -0.570. The van der Waals surface area contributed by atoms with Crippen LogP contribution in [-0.4, -0.2) is 22.3 Å². The summed E-state index contributed by atoms with van der Waals surface area (Å²) in [7, 11) is 0. The van der Waals surface area contributed by atoms with Gasteiger partial charge in [-0.2, -0.15) is 0 Å². The summed E-state index contributed by atoms with van der Waals surface area (Å²) >= 11 is 0. The molecule has 2 N–H and O–H groups in total. The molecule has 0 aromatic carbocycles. The lowest BCUT2D eigenvalue weighted by Crippen LogP contribution is -2.57. The molecule has 3 rings (SSSR count). The van der Waals surface area contributed by atoms with Gasteiger partial charge in [0.25, 0.3) is 5.97 Å². The molecule has 4 atom stereocenters. The highest BCUT2D eigenvalue weighted by molar-refractivity contribution is 5.62. The summed E-state index contributed by atoms with van der Waals surface area (Å²) in [5.74, 6) is 1.39. The molecule has 0 radical (unpaired) electrons. The van der Waals surface area contributed by atoms with E-state index in [1.165, 1.54) is 6.42 Å². The summed E-state index contributed by atoms with van der Waals surface area (Å²) < 4.78 is 0. The Balaban J connectivity index is 0.000000245. The van der Waals surface area contributed by atoms with Gasteiger partial charge in [-0.15, -0.1) is 0 Å². The number of carboxylic acids is 1. The lowest BCUT2D eigenvalue weighted by atomic mass is 9.45. The molecular weight excluding hydrogens is 192 g/mol. The molecule has 3 fully saturated rings. The molecule has 0 saturated heterocycles. The maximum Gasteiger partial charge on any atom is 0.300 e. The van der Waals surface area contributed by atoms with E-state index in [0.29, 0.717) is 11.3 Å². The minimum atomic E-state index is -0.833. The molecule has 3 aliphatic rings. The lowest BCUT2D eigenvalue weighted by molar-refractivity contribution is -0.167. The quantitative estimate of drug-likeness (QED) is 0.649. The molecule has 0 aromatic heterocycles. The van der Waals surface area contributed by atoms with Crippen molar-refractivity contribution in [1.29, 1.82) is 0 Å². The summed E-state index contributed by atoms with van der Waals surface area (Å²) in [6.45, 7) is 7.99. The number of aliphatic hydroxyl groups excluding tert-OH is 1. The predicted octanol–water partition coefficient (Wildman–Crippen LogP) is 2.14. The third-order valence-electron chi connectivity index (χ3n) is 4.18. The zero-order valence-electron chi connectivity index (χ0n) is 10.0. The van der Waals surface area contributed by atoms with E-state index in [1.54, 1.807) is 0 Å². The molecule has 3 saturated carbocycles. The van der Waals surface area contributed by atoms with Crippen molar-refractivity contribution in [3.63, 3.8) is 0 Å². The molecule has 0 aliphatic heterocycles. The van der Waals surface area contributed by atoms with Crippen LogP contribution in [0.2, 0.25) is 0 Å². The van der Waals surface area contributed by atoms with E-state index in [-0.39, 0.29) is 6.10 Å². The Morgan fingerprint density at radius 3 is 2.00 bits per heavy atom. The first-order valence-electron chi connectivity index (χ1n) is 5.64. The Morgan fingerprint density at radius 2 is 1.73 bits per heavy atom. The summed E-state index contributed by atoms with van der Waals surface area (Å²) in [6, 6.07) is 0. The topological polar surface area (TPSA) is 57.5 Å². The molecule has 0 heterocycles. The van der Waals surface area contributed by atoms with Crippen LogP contribution >= 0.6 is 0 Å². The third kappa shape index (κ3) is 2.33. The standard InChI is InChI=1S/C10H18O.C2H4O2/c1-6-4-9(11)8-5-7(6)10(8,2)3;1-2(3)4/h6-9,11H,4-5H2,1-3H3;1H3,(H,3,4). The maximum atomic E-state index is 9.72. The largest absolute Gasteiger partial charge is 0.481 e. The van der Waals surface area contributed by atoms with Gasteiger partial charge in [-0.1, -0.05) is 20.8 Å². The maximum absolute atomic E-state index is 9.72. The molecule has 0 aromatic rings. The lowest BCUT2D eigenvalue weighted by Gasteiger charge is -2.61. The first-order valence-corrected chi connectivity index (χ1v) is 5.64. The van der Waals surface area contributed by atoms with E-state index in [2.05, 4.69) is 20.8 Å². The molecule has 3 nitrogen and oxygen atoms in total. The van der Waals surface area contributed by atoms with E-state index in [0.717, 1.165) is 25.2 Å². The molecule has 88 valence electrons. The van der Waals surface area contributed by atoms with Gasteiger partial charge in [0.05, 0.1) is 6.10 Å². The van der Waals surface area contributed by atoms with Crippen molar-refractivity contribution >= 4 is 5.97 Å². The number of aliphatic hydroxyl groups is 1. The van der Waals surface area contributed by atoms with E-state index < -0.39 is 5.97 Å². The Kier molecular flexibility index (Phi) is 3.44. The van der Waals surface area contributed by atoms with Crippen molar-refractivity contribution in [2.75, 3.05) is 0 Å².